The lowest BCUT2D eigenvalue weighted by atomic mass is 9.67. The van der Waals surface area contributed by atoms with Gasteiger partial charge in [0.15, 0.2) is 0 Å². The summed E-state index contributed by atoms with van der Waals surface area (Å²) >= 11 is 6.28. The van der Waals surface area contributed by atoms with Crippen LogP contribution in [-0.4, -0.2) is 23.7 Å². The Balaban J connectivity index is 2.03. The van der Waals surface area contributed by atoms with Gasteiger partial charge in [0, 0.05) is 22.9 Å². The van der Waals surface area contributed by atoms with Crippen LogP contribution in [0.4, 0.5) is 0 Å². The summed E-state index contributed by atoms with van der Waals surface area (Å²) in [5.41, 5.74) is 2.12. The van der Waals surface area contributed by atoms with Crippen LogP contribution in [0.15, 0.2) is 18.2 Å². The summed E-state index contributed by atoms with van der Waals surface area (Å²) < 4.78 is 0. The molecule has 1 aliphatic heterocycles. The Morgan fingerprint density at radius 1 is 1.35 bits per heavy atom. The van der Waals surface area contributed by atoms with Crippen molar-refractivity contribution in [1.29, 1.82) is 0 Å². The number of rotatable bonds is 2. The van der Waals surface area contributed by atoms with Gasteiger partial charge >= 0.3 is 0 Å². The van der Waals surface area contributed by atoms with Crippen LogP contribution in [0.25, 0.3) is 0 Å². The number of aryl methyl sites for hydroxylation is 1. The predicted molar refractivity (Wildman–Crippen MR) is 78.8 cm³/mol. The number of benzene rings is 1. The maximum atomic E-state index is 11.6. The normalized spacial score (nSPS) is 28.6. The first-order valence-corrected chi connectivity index (χ1v) is 7.65. The summed E-state index contributed by atoms with van der Waals surface area (Å²) in [5, 5.41) is 13.8. The van der Waals surface area contributed by atoms with E-state index < -0.39 is 6.10 Å². The van der Waals surface area contributed by atoms with Gasteiger partial charge < -0.3 is 10.4 Å². The van der Waals surface area contributed by atoms with Crippen LogP contribution in [0.2, 0.25) is 5.02 Å². The Labute approximate surface area is 124 Å². The molecule has 2 aliphatic rings. The molecule has 0 bridgehead atoms. The Bertz CT molecular complexity index is 537. The highest BCUT2D eigenvalue weighted by Crippen LogP contribution is 2.49. The van der Waals surface area contributed by atoms with E-state index in [4.69, 9.17) is 11.6 Å². The standard InChI is InChI=1S/C16H20ClNO2/c1-10-4-5-11(8-13(10)17)16(6-2-3-7-16)12-9-18-15(20)14(12)19/h4-5,8,12,14,19H,2-3,6-7,9H2,1H3,(H,18,20)/t12-,14-/m0/s1. The summed E-state index contributed by atoms with van der Waals surface area (Å²) in [6.07, 6.45) is 3.42. The molecule has 1 aromatic rings. The van der Waals surface area contributed by atoms with Gasteiger partial charge in [-0.2, -0.15) is 0 Å². The second-order valence-electron chi connectivity index (χ2n) is 6.12. The third kappa shape index (κ3) is 2.04. The number of amides is 1. The molecule has 2 N–H and O–H groups in total. The number of carbonyl (C=O) groups excluding carboxylic acids is 1. The van der Waals surface area contributed by atoms with Crippen molar-refractivity contribution in [1.82, 2.24) is 5.32 Å². The van der Waals surface area contributed by atoms with Crippen molar-refractivity contribution >= 4 is 17.5 Å². The van der Waals surface area contributed by atoms with Crippen LogP contribution < -0.4 is 5.32 Å². The first kappa shape index (κ1) is 13.9. The molecule has 4 heteroatoms. The second kappa shape index (κ2) is 5.05. The van der Waals surface area contributed by atoms with E-state index >= 15 is 0 Å². The van der Waals surface area contributed by atoms with Gasteiger partial charge in [-0.3, -0.25) is 4.79 Å². The molecule has 20 heavy (non-hydrogen) atoms. The highest BCUT2D eigenvalue weighted by atomic mass is 35.5. The number of hydrogen-bond donors (Lipinski definition) is 2. The van der Waals surface area contributed by atoms with E-state index in [1.54, 1.807) is 0 Å². The van der Waals surface area contributed by atoms with E-state index in [1.165, 1.54) is 5.56 Å². The maximum Gasteiger partial charge on any atom is 0.249 e. The number of nitrogens with one attached hydrogen (secondary N) is 1. The van der Waals surface area contributed by atoms with Gasteiger partial charge in [0.25, 0.3) is 0 Å². The van der Waals surface area contributed by atoms with Crippen LogP contribution in [0, 0.1) is 12.8 Å². The molecular weight excluding hydrogens is 274 g/mol. The van der Waals surface area contributed by atoms with Crippen LogP contribution in [0.3, 0.4) is 0 Å². The number of halogens is 1. The monoisotopic (exact) mass is 293 g/mol. The lowest BCUT2D eigenvalue weighted by Gasteiger charge is -2.37. The first-order valence-electron chi connectivity index (χ1n) is 7.27. The largest absolute Gasteiger partial charge is 0.383 e. The van der Waals surface area contributed by atoms with Crippen LogP contribution >= 0.6 is 11.6 Å². The molecule has 2 fully saturated rings. The third-order valence-electron chi connectivity index (χ3n) is 5.10. The smallest absolute Gasteiger partial charge is 0.249 e. The molecule has 1 amide bonds. The zero-order valence-corrected chi connectivity index (χ0v) is 12.4. The molecule has 1 heterocycles. The van der Waals surface area contributed by atoms with Crippen LogP contribution in [0.1, 0.15) is 36.8 Å². The molecule has 3 nitrogen and oxygen atoms in total. The molecule has 3 rings (SSSR count). The van der Waals surface area contributed by atoms with Crippen molar-refractivity contribution in [3.8, 4) is 0 Å². The summed E-state index contributed by atoms with van der Waals surface area (Å²) in [7, 11) is 0. The Hall–Kier alpha value is -1.06. The lowest BCUT2D eigenvalue weighted by molar-refractivity contribution is -0.127. The lowest BCUT2D eigenvalue weighted by Crippen LogP contribution is -2.40. The second-order valence-corrected chi connectivity index (χ2v) is 6.53. The Morgan fingerprint density at radius 2 is 2.05 bits per heavy atom. The molecule has 1 saturated carbocycles. The predicted octanol–water partition coefficient (Wildman–Crippen LogP) is 2.57. The van der Waals surface area contributed by atoms with E-state index in [1.807, 2.05) is 19.1 Å². The zero-order valence-electron chi connectivity index (χ0n) is 11.7. The van der Waals surface area contributed by atoms with Gasteiger partial charge in [0.1, 0.15) is 6.10 Å². The molecule has 108 valence electrons. The van der Waals surface area contributed by atoms with Gasteiger partial charge in [-0.05, 0) is 37.0 Å². The summed E-state index contributed by atoms with van der Waals surface area (Å²) in [4.78, 5) is 11.6. The first-order chi connectivity index (χ1) is 9.54. The van der Waals surface area contributed by atoms with Gasteiger partial charge in [0.2, 0.25) is 5.91 Å². The molecule has 0 aromatic heterocycles. The topological polar surface area (TPSA) is 49.3 Å². The molecule has 0 radical (unpaired) electrons. The van der Waals surface area contributed by atoms with Crippen molar-refractivity contribution in [2.75, 3.05) is 6.54 Å². The Kier molecular flexibility index (Phi) is 3.51. The summed E-state index contributed by atoms with van der Waals surface area (Å²) in [6, 6.07) is 6.17. The molecular formula is C16H20ClNO2. The fraction of sp³-hybridized carbons (Fsp3) is 0.562. The SMILES string of the molecule is Cc1ccc(C2([C@H]3CNC(=O)[C@H]3O)CCCC2)cc1Cl. The zero-order chi connectivity index (χ0) is 14.3. The Morgan fingerprint density at radius 3 is 2.60 bits per heavy atom. The number of hydrogen-bond acceptors (Lipinski definition) is 2. The van der Waals surface area contributed by atoms with E-state index in [-0.39, 0.29) is 17.2 Å². The van der Waals surface area contributed by atoms with Gasteiger partial charge in [-0.25, -0.2) is 0 Å². The highest BCUT2D eigenvalue weighted by molar-refractivity contribution is 6.31. The van der Waals surface area contributed by atoms with Crippen molar-refractivity contribution < 1.29 is 9.90 Å². The third-order valence-corrected chi connectivity index (χ3v) is 5.51. The molecule has 0 unspecified atom stereocenters. The average Bonchev–Trinajstić information content (AvgIpc) is 3.03. The number of aliphatic hydroxyl groups is 1. The fourth-order valence-corrected chi connectivity index (χ4v) is 4.07. The van der Waals surface area contributed by atoms with E-state index in [0.717, 1.165) is 36.3 Å². The van der Waals surface area contributed by atoms with Gasteiger partial charge in [-0.15, -0.1) is 0 Å². The number of aliphatic hydroxyl groups excluding tert-OH is 1. The van der Waals surface area contributed by atoms with Crippen molar-refractivity contribution in [3.63, 3.8) is 0 Å². The average molecular weight is 294 g/mol. The quantitative estimate of drug-likeness (QED) is 0.880. The highest BCUT2D eigenvalue weighted by Gasteiger charge is 2.50. The number of carbonyl (C=O) groups is 1. The van der Waals surface area contributed by atoms with E-state index in [0.29, 0.717) is 6.54 Å². The van der Waals surface area contributed by atoms with Crippen LogP contribution in [0.5, 0.6) is 0 Å². The van der Waals surface area contributed by atoms with E-state index in [9.17, 15) is 9.90 Å². The maximum absolute atomic E-state index is 11.6. The van der Waals surface area contributed by atoms with Gasteiger partial charge in [-0.1, -0.05) is 36.6 Å². The fourth-order valence-electron chi connectivity index (χ4n) is 3.89. The molecule has 0 spiro atoms. The molecule has 1 aromatic carbocycles. The van der Waals surface area contributed by atoms with Crippen molar-refractivity contribution in [2.45, 2.75) is 44.1 Å². The minimum atomic E-state index is -0.895. The summed E-state index contributed by atoms with van der Waals surface area (Å²) in [5.74, 6) is -0.282. The van der Waals surface area contributed by atoms with Crippen molar-refractivity contribution in [2.24, 2.45) is 5.92 Å². The van der Waals surface area contributed by atoms with Gasteiger partial charge in [0.05, 0.1) is 0 Å². The molecule has 2 atom stereocenters. The summed E-state index contributed by atoms with van der Waals surface area (Å²) in [6.45, 7) is 2.55. The molecule has 1 aliphatic carbocycles. The van der Waals surface area contributed by atoms with Crippen molar-refractivity contribution in [3.05, 3.63) is 34.3 Å². The van der Waals surface area contributed by atoms with Crippen LogP contribution in [-0.2, 0) is 10.2 Å². The van der Waals surface area contributed by atoms with E-state index in [2.05, 4.69) is 11.4 Å². The minimum absolute atomic E-state index is 0.0451. The molecule has 1 saturated heterocycles. The minimum Gasteiger partial charge on any atom is -0.383 e.